The van der Waals surface area contributed by atoms with E-state index in [9.17, 15) is 14.9 Å². The highest BCUT2D eigenvalue weighted by molar-refractivity contribution is 5.81. The summed E-state index contributed by atoms with van der Waals surface area (Å²) in [5.74, 6) is -0.992. The number of benzene rings is 1. The molecule has 6 heteroatoms. The summed E-state index contributed by atoms with van der Waals surface area (Å²) >= 11 is 0. The lowest BCUT2D eigenvalue weighted by molar-refractivity contribution is -0.383. The average Bonchev–Trinajstić information content (AvgIpc) is 2.42. The molecule has 0 fully saturated rings. The highest BCUT2D eigenvalue weighted by atomic mass is 16.6. The Morgan fingerprint density at radius 2 is 2.07 bits per heavy atom. The number of rotatable bonds is 1. The molecule has 0 saturated carbocycles. The molecular formula is C8H3NO5. The minimum Gasteiger partial charge on any atom is -0.390 e. The molecule has 0 spiro atoms. The predicted octanol–water partition coefficient (Wildman–Crippen LogP) is 1.35. The summed E-state index contributed by atoms with van der Waals surface area (Å²) in [5, 5.41) is 10.5. The van der Waals surface area contributed by atoms with Crippen LogP contribution in [0.3, 0.4) is 0 Å². The minimum atomic E-state index is -0.992. The third kappa shape index (κ3) is 1.17. The molecule has 1 aromatic heterocycles. The molecule has 0 atom stereocenters. The Morgan fingerprint density at radius 3 is 2.71 bits per heavy atom. The van der Waals surface area contributed by atoms with Crippen LogP contribution in [0.1, 0.15) is 5.56 Å². The molecule has 0 aliphatic heterocycles. The highest BCUT2D eigenvalue weighted by Crippen LogP contribution is 2.26. The molecule has 1 aromatic carbocycles. The molecule has 14 heavy (non-hydrogen) atoms. The molecule has 2 rings (SSSR count). The molecule has 2 aromatic rings. The van der Waals surface area contributed by atoms with E-state index in [1.165, 1.54) is 6.07 Å². The van der Waals surface area contributed by atoms with Crippen molar-refractivity contribution in [1.82, 2.24) is 0 Å². The molecular weight excluding hydrogens is 190 g/mol. The molecule has 1 heterocycles. The Hall–Kier alpha value is -2.11. The quantitative estimate of drug-likeness (QED) is 0.504. The van der Waals surface area contributed by atoms with Gasteiger partial charge in [-0.25, -0.2) is 4.79 Å². The lowest BCUT2D eigenvalue weighted by atomic mass is 10.2. The maximum absolute atomic E-state index is 10.7. The maximum Gasteiger partial charge on any atom is 0.519 e. The van der Waals surface area contributed by atoms with Crippen molar-refractivity contribution in [2.75, 3.05) is 0 Å². The first-order chi connectivity index (χ1) is 6.58. The summed E-state index contributed by atoms with van der Waals surface area (Å²) in [6.45, 7) is 5.36. The van der Waals surface area contributed by atoms with E-state index in [-0.39, 0.29) is 22.4 Å². The molecule has 0 amide bonds. The summed E-state index contributed by atoms with van der Waals surface area (Å²) in [6, 6.07) is 2.38. The van der Waals surface area contributed by atoms with Gasteiger partial charge < -0.3 is 8.83 Å². The van der Waals surface area contributed by atoms with Crippen LogP contribution < -0.4 is 5.82 Å². The van der Waals surface area contributed by atoms with Crippen LogP contribution >= 0.6 is 0 Å². The van der Waals surface area contributed by atoms with Crippen molar-refractivity contribution in [2.24, 2.45) is 0 Å². The van der Waals surface area contributed by atoms with Gasteiger partial charge >= 0.3 is 11.5 Å². The monoisotopic (exact) mass is 193 g/mol. The van der Waals surface area contributed by atoms with Crippen LogP contribution in [0.2, 0.25) is 0 Å². The first-order valence-corrected chi connectivity index (χ1v) is 3.55. The predicted molar refractivity (Wildman–Crippen MR) is 44.8 cm³/mol. The van der Waals surface area contributed by atoms with E-state index < -0.39 is 10.7 Å². The number of non-ortho nitro benzene ring substituents is 1. The Morgan fingerprint density at radius 1 is 1.36 bits per heavy atom. The van der Waals surface area contributed by atoms with Crippen molar-refractivity contribution in [3.8, 4) is 0 Å². The zero-order chi connectivity index (χ0) is 10.3. The first kappa shape index (κ1) is 8.49. The Kier molecular flexibility index (Phi) is 1.63. The van der Waals surface area contributed by atoms with Crippen molar-refractivity contribution in [3.05, 3.63) is 45.4 Å². The van der Waals surface area contributed by atoms with Gasteiger partial charge in [-0.15, -0.1) is 0 Å². The summed E-state index contributed by atoms with van der Waals surface area (Å²) in [6.07, 6.45) is 0. The van der Waals surface area contributed by atoms with E-state index in [4.69, 9.17) is 6.92 Å². The number of hydrogen-bond acceptors (Lipinski definition) is 5. The van der Waals surface area contributed by atoms with E-state index in [0.29, 0.717) is 0 Å². The minimum absolute atomic E-state index is 0.0262. The largest absolute Gasteiger partial charge is 0.519 e. The zero-order valence-electron chi connectivity index (χ0n) is 6.72. The van der Waals surface area contributed by atoms with Crippen LogP contribution in [-0.2, 0) is 0 Å². The third-order valence-corrected chi connectivity index (χ3v) is 1.63. The van der Waals surface area contributed by atoms with Gasteiger partial charge in [-0.3, -0.25) is 10.1 Å². The fourth-order valence-corrected chi connectivity index (χ4v) is 1.12. The van der Waals surface area contributed by atoms with Gasteiger partial charge in [0.25, 0.3) is 5.58 Å². The van der Waals surface area contributed by atoms with Gasteiger partial charge in [0.1, 0.15) is 0 Å². The second-order valence-corrected chi connectivity index (χ2v) is 2.58. The lowest BCUT2D eigenvalue weighted by Crippen LogP contribution is -1.89. The number of nitrogens with zero attached hydrogens (tertiary/aromatic N) is 1. The molecule has 0 aliphatic rings. The molecule has 0 N–H and O–H groups in total. The van der Waals surface area contributed by atoms with Crippen molar-refractivity contribution in [1.29, 1.82) is 0 Å². The van der Waals surface area contributed by atoms with Crippen molar-refractivity contribution in [3.63, 3.8) is 0 Å². The fraction of sp³-hybridized carbons (Fsp3) is 0. The van der Waals surface area contributed by atoms with Crippen LogP contribution in [0.5, 0.6) is 0 Å². The van der Waals surface area contributed by atoms with Crippen LogP contribution in [0, 0.1) is 17.0 Å². The Balaban J connectivity index is 2.92. The van der Waals surface area contributed by atoms with Gasteiger partial charge in [0.05, 0.1) is 4.92 Å². The molecule has 0 bridgehead atoms. The summed E-state index contributed by atoms with van der Waals surface area (Å²) in [5.41, 5.74) is -0.476. The Labute approximate surface area is 76.9 Å². The standard InChI is InChI=1S/C8H3NO5/c1-4-2-5(9(11)12)7-6(3-4)13-8(10)14-7/h1-3H. The molecule has 70 valence electrons. The van der Waals surface area contributed by atoms with Crippen LogP contribution in [0.4, 0.5) is 5.69 Å². The van der Waals surface area contributed by atoms with Gasteiger partial charge in [0, 0.05) is 6.07 Å². The van der Waals surface area contributed by atoms with Gasteiger partial charge in [-0.1, -0.05) is 0 Å². The summed E-state index contributed by atoms with van der Waals surface area (Å²) in [7, 11) is 0. The third-order valence-electron chi connectivity index (χ3n) is 1.63. The van der Waals surface area contributed by atoms with Crippen LogP contribution in [0.15, 0.2) is 25.8 Å². The second-order valence-electron chi connectivity index (χ2n) is 2.58. The lowest BCUT2D eigenvalue weighted by Gasteiger charge is -1.92. The van der Waals surface area contributed by atoms with E-state index in [1.807, 2.05) is 0 Å². The van der Waals surface area contributed by atoms with Gasteiger partial charge in [0.2, 0.25) is 0 Å². The molecule has 0 saturated heterocycles. The average molecular weight is 193 g/mol. The highest BCUT2D eigenvalue weighted by Gasteiger charge is 2.18. The molecule has 2 radical (unpaired) electrons. The molecule has 6 nitrogen and oxygen atoms in total. The fourth-order valence-electron chi connectivity index (χ4n) is 1.12. The smallest absolute Gasteiger partial charge is 0.390 e. The van der Waals surface area contributed by atoms with Crippen LogP contribution in [0.25, 0.3) is 11.2 Å². The van der Waals surface area contributed by atoms with Gasteiger partial charge in [0.15, 0.2) is 5.58 Å². The molecule has 0 aliphatic carbocycles. The van der Waals surface area contributed by atoms with Crippen molar-refractivity contribution >= 4 is 16.9 Å². The van der Waals surface area contributed by atoms with E-state index in [2.05, 4.69) is 8.83 Å². The molecule has 0 unspecified atom stereocenters. The number of nitro benzene ring substituents is 1. The van der Waals surface area contributed by atoms with Crippen molar-refractivity contribution in [2.45, 2.75) is 0 Å². The van der Waals surface area contributed by atoms with E-state index in [0.717, 1.165) is 6.07 Å². The normalized spacial score (nSPS) is 10.6. The zero-order valence-corrected chi connectivity index (χ0v) is 6.72. The SMILES string of the molecule is [CH]c1cc([N+](=O)[O-])c2oc(=O)oc2c1. The summed E-state index contributed by atoms with van der Waals surface area (Å²) < 4.78 is 9.03. The number of fused-ring (bicyclic) bond motifs is 1. The maximum atomic E-state index is 10.7. The van der Waals surface area contributed by atoms with Gasteiger partial charge in [-0.05, 0) is 18.6 Å². The Bertz CT molecular complexity index is 565. The first-order valence-electron chi connectivity index (χ1n) is 3.55. The van der Waals surface area contributed by atoms with Crippen LogP contribution in [-0.4, -0.2) is 4.92 Å². The second kappa shape index (κ2) is 2.69. The topological polar surface area (TPSA) is 86.5 Å². The van der Waals surface area contributed by atoms with E-state index in [1.54, 1.807) is 0 Å². The van der Waals surface area contributed by atoms with Crippen molar-refractivity contribution < 1.29 is 13.8 Å². The number of hydrogen-bond donors (Lipinski definition) is 0. The number of nitro groups is 1. The van der Waals surface area contributed by atoms with Gasteiger partial charge in [-0.2, -0.15) is 0 Å². The summed E-state index contributed by atoms with van der Waals surface area (Å²) in [4.78, 5) is 20.5. The van der Waals surface area contributed by atoms with E-state index >= 15 is 0 Å².